The van der Waals surface area contributed by atoms with Gasteiger partial charge in [0.2, 0.25) is 0 Å². The summed E-state index contributed by atoms with van der Waals surface area (Å²) >= 11 is 0.481. The van der Waals surface area contributed by atoms with Crippen molar-refractivity contribution in [1.82, 2.24) is 9.80 Å². The minimum Gasteiger partial charge on any atom is -0.480 e. The minimum absolute atomic E-state index is 0.0770. The van der Waals surface area contributed by atoms with E-state index < -0.39 is 47.7 Å². The van der Waals surface area contributed by atoms with Crippen LogP contribution in [-0.4, -0.2) is 91.0 Å². The molecule has 0 aliphatic carbocycles. The summed E-state index contributed by atoms with van der Waals surface area (Å²) in [6, 6.07) is 0. The number of carbonyl (C=O) groups is 4. The highest BCUT2D eigenvalue weighted by molar-refractivity contribution is 8.01. The van der Waals surface area contributed by atoms with Crippen molar-refractivity contribution in [2.45, 2.75) is 24.6 Å². The van der Waals surface area contributed by atoms with Crippen molar-refractivity contribution in [2.24, 2.45) is 0 Å². The first-order chi connectivity index (χ1) is 10.6. The summed E-state index contributed by atoms with van der Waals surface area (Å²) in [5, 5.41) is 33.3. The number of thioether (sulfide) groups is 1. The van der Waals surface area contributed by atoms with Gasteiger partial charge in [0.15, 0.2) is 10.7 Å². The van der Waals surface area contributed by atoms with E-state index in [1.807, 2.05) is 0 Å². The van der Waals surface area contributed by atoms with Gasteiger partial charge in [-0.15, -0.1) is 11.8 Å². The minimum atomic E-state index is -1.43. The van der Waals surface area contributed by atoms with Crippen LogP contribution in [0.25, 0.3) is 0 Å². The second-order valence-electron chi connectivity index (χ2n) is 4.43. The Morgan fingerprint density at radius 2 is 1.09 bits per heavy atom. The first-order valence-electron chi connectivity index (χ1n) is 6.66. The average molecular weight is 352 g/mol. The molecule has 2 atom stereocenters. The Kier molecular flexibility index (Phi) is 9.22. The van der Waals surface area contributed by atoms with Gasteiger partial charge in [-0.2, -0.15) is 0 Å². The molecule has 11 heteroatoms. The van der Waals surface area contributed by atoms with Gasteiger partial charge < -0.3 is 20.4 Å². The molecule has 0 spiro atoms. The third-order valence-electron chi connectivity index (χ3n) is 2.83. The summed E-state index contributed by atoms with van der Waals surface area (Å²) in [6.07, 6.45) is 0. The Morgan fingerprint density at radius 1 is 0.783 bits per heavy atom. The van der Waals surface area contributed by atoms with E-state index in [4.69, 9.17) is 10.2 Å². The average Bonchev–Trinajstić information content (AvgIpc) is 2.43. The van der Waals surface area contributed by atoms with Crippen molar-refractivity contribution < 1.29 is 39.6 Å². The third-order valence-corrected chi connectivity index (χ3v) is 4.35. The van der Waals surface area contributed by atoms with Crippen molar-refractivity contribution in [3.63, 3.8) is 0 Å². The fourth-order valence-electron chi connectivity index (χ4n) is 1.79. The fraction of sp³-hybridized carbons (Fsp3) is 0.667. The lowest BCUT2D eigenvalue weighted by Gasteiger charge is -2.31. The highest BCUT2D eigenvalue weighted by atomic mass is 32.2. The first-order valence-corrected chi connectivity index (χ1v) is 7.61. The Hall–Kier alpha value is -1.85. The molecular weight excluding hydrogens is 332 g/mol. The maximum Gasteiger partial charge on any atom is 0.331 e. The highest BCUT2D eigenvalue weighted by Gasteiger charge is 2.36. The number of nitrogens with zero attached hydrogens (tertiary/aromatic N) is 2. The Bertz CT molecular complexity index is 418. The zero-order chi connectivity index (χ0) is 18.2. The van der Waals surface area contributed by atoms with E-state index >= 15 is 0 Å². The Labute approximate surface area is 136 Å². The van der Waals surface area contributed by atoms with Crippen molar-refractivity contribution in [2.75, 3.05) is 26.2 Å². The summed E-state index contributed by atoms with van der Waals surface area (Å²) < 4.78 is 0. The monoisotopic (exact) mass is 352 g/mol. The third kappa shape index (κ3) is 7.30. The second kappa shape index (κ2) is 10.0. The van der Waals surface area contributed by atoms with E-state index in [1.165, 1.54) is 0 Å². The van der Waals surface area contributed by atoms with Crippen LogP contribution in [-0.2, 0) is 19.2 Å². The molecule has 0 bridgehead atoms. The van der Waals surface area contributed by atoms with Gasteiger partial charge in [0, 0.05) is 0 Å². The molecule has 0 radical (unpaired) electrons. The zero-order valence-corrected chi connectivity index (χ0v) is 13.5. The number of hydrogen-bond donors (Lipinski definition) is 4. The van der Waals surface area contributed by atoms with Gasteiger partial charge in [-0.05, 0) is 13.1 Å². The van der Waals surface area contributed by atoms with Crippen LogP contribution in [0.2, 0.25) is 0 Å². The predicted octanol–water partition coefficient (Wildman–Crippen LogP) is -0.646. The van der Waals surface area contributed by atoms with Crippen LogP contribution in [0.5, 0.6) is 0 Å². The highest BCUT2D eigenvalue weighted by Crippen LogP contribution is 2.25. The SMILES string of the molecule is CCN(CC(=O)O)C(SC(C(=O)O)N(CC)CC(=O)O)C(=O)O. The normalized spacial score (nSPS) is 13.7. The van der Waals surface area contributed by atoms with E-state index in [2.05, 4.69) is 0 Å². The first kappa shape index (κ1) is 21.1. The van der Waals surface area contributed by atoms with Crippen LogP contribution in [0.15, 0.2) is 0 Å². The van der Waals surface area contributed by atoms with Crippen LogP contribution in [0.3, 0.4) is 0 Å². The summed E-state index contributed by atoms with van der Waals surface area (Å²) in [4.78, 5) is 46.6. The van der Waals surface area contributed by atoms with Gasteiger partial charge in [0.1, 0.15) is 0 Å². The molecule has 2 unspecified atom stereocenters. The molecule has 23 heavy (non-hydrogen) atoms. The number of likely N-dealkylation sites (N-methyl/N-ethyl adjacent to an activating group) is 2. The van der Waals surface area contributed by atoms with Crippen LogP contribution in [0, 0.1) is 0 Å². The maximum atomic E-state index is 11.4. The summed E-state index contributed by atoms with van der Waals surface area (Å²) in [5.74, 6) is -5.28. The van der Waals surface area contributed by atoms with E-state index in [9.17, 15) is 29.4 Å². The van der Waals surface area contributed by atoms with Gasteiger partial charge in [0.25, 0.3) is 0 Å². The number of hydrogen-bond acceptors (Lipinski definition) is 7. The van der Waals surface area contributed by atoms with E-state index in [1.54, 1.807) is 13.8 Å². The van der Waals surface area contributed by atoms with Crippen LogP contribution in [0.1, 0.15) is 13.8 Å². The summed E-state index contributed by atoms with van der Waals surface area (Å²) in [5.41, 5.74) is 0. The smallest absolute Gasteiger partial charge is 0.331 e. The molecule has 0 aromatic heterocycles. The van der Waals surface area contributed by atoms with Crippen molar-refractivity contribution in [3.05, 3.63) is 0 Å². The lowest BCUT2D eigenvalue weighted by atomic mass is 10.4. The molecule has 0 heterocycles. The van der Waals surface area contributed by atoms with Gasteiger partial charge in [-0.1, -0.05) is 13.8 Å². The Balaban J connectivity index is 5.37. The maximum absolute atomic E-state index is 11.4. The van der Waals surface area contributed by atoms with E-state index in [0.717, 1.165) is 9.80 Å². The Morgan fingerprint density at radius 3 is 1.26 bits per heavy atom. The lowest BCUT2D eigenvalue weighted by Crippen LogP contribution is -2.48. The number of carboxylic acids is 4. The van der Waals surface area contributed by atoms with Crippen molar-refractivity contribution in [1.29, 1.82) is 0 Å². The fourth-order valence-corrected chi connectivity index (χ4v) is 3.06. The molecule has 0 rings (SSSR count). The number of rotatable bonds is 12. The molecule has 0 saturated carbocycles. The van der Waals surface area contributed by atoms with E-state index in [0.29, 0.717) is 11.8 Å². The second-order valence-corrected chi connectivity index (χ2v) is 5.60. The molecular formula is C12H20N2O8S. The molecule has 0 saturated heterocycles. The standard InChI is InChI=1S/C12H20N2O8S/c1-3-13(5-7(15)16)9(11(19)20)23-10(12(21)22)14(4-2)6-8(17)18/h9-10H,3-6H2,1-2H3,(H,15,16)(H,17,18)(H,19,20)(H,21,22). The molecule has 10 nitrogen and oxygen atoms in total. The molecule has 0 fully saturated rings. The lowest BCUT2D eigenvalue weighted by molar-refractivity contribution is -0.143. The van der Waals surface area contributed by atoms with Crippen molar-refractivity contribution in [3.8, 4) is 0 Å². The molecule has 0 aromatic carbocycles. The number of aliphatic carboxylic acids is 4. The molecule has 0 amide bonds. The van der Waals surface area contributed by atoms with Crippen molar-refractivity contribution >= 4 is 35.6 Å². The van der Waals surface area contributed by atoms with Gasteiger partial charge >= 0.3 is 23.9 Å². The van der Waals surface area contributed by atoms with Crippen LogP contribution < -0.4 is 0 Å². The van der Waals surface area contributed by atoms with Gasteiger partial charge in [-0.25, -0.2) is 9.59 Å². The molecule has 0 aromatic rings. The quantitative estimate of drug-likeness (QED) is 0.331. The largest absolute Gasteiger partial charge is 0.480 e. The van der Waals surface area contributed by atoms with Gasteiger partial charge in [0.05, 0.1) is 13.1 Å². The van der Waals surface area contributed by atoms with Crippen LogP contribution in [0.4, 0.5) is 0 Å². The predicted molar refractivity (Wildman–Crippen MR) is 80.2 cm³/mol. The molecule has 0 aliphatic rings. The number of carboxylic acid groups (broad SMARTS) is 4. The van der Waals surface area contributed by atoms with E-state index in [-0.39, 0.29) is 13.1 Å². The molecule has 0 aliphatic heterocycles. The zero-order valence-electron chi connectivity index (χ0n) is 12.7. The topological polar surface area (TPSA) is 156 Å². The van der Waals surface area contributed by atoms with Crippen LogP contribution >= 0.6 is 11.8 Å². The summed E-state index contributed by atoms with van der Waals surface area (Å²) in [7, 11) is 0. The molecule has 132 valence electrons. The molecule has 4 N–H and O–H groups in total. The van der Waals surface area contributed by atoms with Gasteiger partial charge in [-0.3, -0.25) is 19.4 Å². The summed E-state index contributed by atoms with van der Waals surface area (Å²) in [6.45, 7) is 2.10.